The molecular formula is C18H27ClN6O. The number of aliphatic imine (C=N–C) groups is 1. The minimum atomic E-state index is 0.498. The lowest BCUT2D eigenvalue weighted by atomic mass is 10.2. The second-order valence-corrected chi connectivity index (χ2v) is 6.22. The predicted octanol–water partition coefficient (Wildman–Crippen LogP) is 2.44. The Kier molecular flexibility index (Phi) is 8.37. The number of guanidine groups is 1. The summed E-state index contributed by atoms with van der Waals surface area (Å²) >= 11 is 6.22. The molecular weight excluding hydrogens is 352 g/mol. The van der Waals surface area contributed by atoms with Crippen LogP contribution in [0.4, 0.5) is 0 Å². The largest absolute Gasteiger partial charge is 0.382 e. The van der Waals surface area contributed by atoms with E-state index in [2.05, 4.69) is 25.8 Å². The maximum absolute atomic E-state index is 6.22. The number of halogens is 1. The maximum Gasteiger partial charge on any atom is 0.191 e. The van der Waals surface area contributed by atoms with Gasteiger partial charge in [0.15, 0.2) is 11.8 Å². The zero-order valence-electron chi connectivity index (χ0n) is 15.6. The van der Waals surface area contributed by atoms with Crippen LogP contribution in [0.5, 0.6) is 0 Å². The third kappa shape index (κ3) is 6.31. The molecule has 2 rings (SSSR count). The van der Waals surface area contributed by atoms with Gasteiger partial charge in [0.2, 0.25) is 0 Å². The van der Waals surface area contributed by atoms with Crippen molar-refractivity contribution >= 4 is 17.6 Å². The molecule has 0 fully saturated rings. The molecule has 1 aromatic heterocycles. The first-order valence-electron chi connectivity index (χ1n) is 8.80. The van der Waals surface area contributed by atoms with E-state index in [-0.39, 0.29) is 0 Å². The summed E-state index contributed by atoms with van der Waals surface area (Å²) in [4.78, 5) is 4.64. The number of aryl methyl sites for hydroxylation is 1. The van der Waals surface area contributed by atoms with Crippen LogP contribution in [0.1, 0.15) is 30.6 Å². The van der Waals surface area contributed by atoms with Gasteiger partial charge in [-0.05, 0) is 31.9 Å². The number of ether oxygens (including phenoxy) is 1. The molecule has 0 saturated carbocycles. The van der Waals surface area contributed by atoms with Gasteiger partial charge in [0, 0.05) is 31.8 Å². The second kappa shape index (κ2) is 10.8. The van der Waals surface area contributed by atoms with Crippen LogP contribution >= 0.6 is 11.6 Å². The highest BCUT2D eigenvalue weighted by Gasteiger charge is 2.06. The Morgan fingerprint density at radius 3 is 2.77 bits per heavy atom. The van der Waals surface area contributed by atoms with Crippen molar-refractivity contribution in [3.8, 4) is 0 Å². The first-order chi connectivity index (χ1) is 12.6. The minimum Gasteiger partial charge on any atom is -0.382 e. The summed E-state index contributed by atoms with van der Waals surface area (Å²) in [5, 5.41) is 15.6. The molecule has 7 nitrogen and oxygen atoms in total. The highest BCUT2D eigenvalue weighted by Crippen LogP contribution is 2.15. The van der Waals surface area contributed by atoms with Crippen molar-refractivity contribution in [1.29, 1.82) is 0 Å². The summed E-state index contributed by atoms with van der Waals surface area (Å²) in [5.74, 6) is 2.44. The molecule has 2 aromatic rings. The Morgan fingerprint density at radius 1 is 1.27 bits per heavy atom. The number of benzene rings is 1. The van der Waals surface area contributed by atoms with E-state index in [0.717, 1.165) is 48.4 Å². The quantitative estimate of drug-likeness (QED) is 0.398. The van der Waals surface area contributed by atoms with Gasteiger partial charge in [-0.1, -0.05) is 29.8 Å². The van der Waals surface area contributed by atoms with Gasteiger partial charge in [-0.2, -0.15) is 0 Å². The molecule has 142 valence electrons. The third-order valence-corrected chi connectivity index (χ3v) is 4.29. The summed E-state index contributed by atoms with van der Waals surface area (Å²) in [6.07, 6.45) is 0.906. The zero-order chi connectivity index (χ0) is 18.8. The van der Waals surface area contributed by atoms with E-state index in [1.165, 1.54) is 0 Å². The summed E-state index contributed by atoms with van der Waals surface area (Å²) < 4.78 is 7.32. The zero-order valence-corrected chi connectivity index (χ0v) is 16.4. The normalized spacial score (nSPS) is 11.6. The molecule has 2 N–H and O–H groups in total. The van der Waals surface area contributed by atoms with Gasteiger partial charge in [-0.25, -0.2) is 4.99 Å². The molecule has 0 amide bonds. The second-order valence-electron chi connectivity index (χ2n) is 5.81. The number of nitrogens with zero attached hydrogens (tertiary/aromatic N) is 4. The Morgan fingerprint density at radius 2 is 2.08 bits per heavy atom. The summed E-state index contributed by atoms with van der Waals surface area (Å²) in [6.45, 7) is 7.19. The van der Waals surface area contributed by atoms with Crippen LogP contribution in [0.3, 0.4) is 0 Å². The van der Waals surface area contributed by atoms with Crippen LogP contribution in [0, 0.1) is 6.92 Å². The van der Waals surface area contributed by atoms with E-state index in [4.69, 9.17) is 16.3 Å². The van der Waals surface area contributed by atoms with Gasteiger partial charge >= 0.3 is 0 Å². The topological polar surface area (TPSA) is 76.4 Å². The van der Waals surface area contributed by atoms with Crippen molar-refractivity contribution in [2.75, 3.05) is 19.8 Å². The van der Waals surface area contributed by atoms with Crippen LogP contribution in [0.15, 0.2) is 29.3 Å². The molecule has 0 aliphatic heterocycles. The molecule has 0 aliphatic rings. The molecule has 0 radical (unpaired) electrons. The summed E-state index contributed by atoms with van der Waals surface area (Å²) in [6, 6.07) is 7.72. The van der Waals surface area contributed by atoms with Crippen molar-refractivity contribution in [3.05, 3.63) is 46.5 Å². The van der Waals surface area contributed by atoms with Crippen LogP contribution in [-0.4, -0.2) is 40.5 Å². The number of hydrogen-bond donors (Lipinski definition) is 2. The minimum absolute atomic E-state index is 0.498. The van der Waals surface area contributed by atoms with Crippen molar-refractivity contribution in [2.45, 2.75) is 33.4 Å². The number of aromatic nitrogens is 3. The standard InChI is InChI=1S/C18H27ClN6O/c1-4-26-11-7-10-20-18(21-12-15-8-5-6-9-16(15)19)22-13-17-24-23-14(2)25(17)3/h5-6,8-9H,4,7,10-13H2,1-3H3,(H2,20,21,22). The predicted molar refractivity (Wildman–Crippen MR) is 104 cm³/mol. The molecule has 1 heterocycles. The van der Waals surface area contributed by atoms with Crippen molar-refractivity contribution in [2.24, 2.45) is 12.0 Å². The van der Waals surface area contributed by atoms with Gasteiger partial charge in [-0.3, -0.25) is 0 Å². The lowest BCUT2D eigenvalue weighted by Crippen LogP contribution is -2.38. The van der Waals surface area contributed by atoms with Gasteiger partial charge in [0.25, 0.3) is 0 Å². The molecule has 0 spiro atoms. The Labute approximate surface area is 159 Å². The smallest absolute Gasteiger partial charge is 0.191 e. The highest BCUT2D eigenvalue weighted by molar-refractivity contribution is 6.31. The molecule has 0 aliphatic carbocycles. The fourth-order valence-corrected chi connectivity index (χ4v) is 2.45. The number of rotatable bonds is 9. The Hall–Kier alpha value is -2.12. The number of nitrogens with one attached hydrogen (secondary N) is 2. The lowest BCUT2D eigenvalue weighted by molar-refractivity contribution is 0.145. The first kappa shape index (κ1) is 20.2. The molecule has 0 bridgehead atoms. The third-order valence-electron chi connectivity index (χ3n) is 3.92. The van der Waals surface area contributed by atoms with Crippen LogP contribution in [-0.2, 0) is 24.9 Å². The van der Waals surface area contributed by atoms with E-state index >= 15 is 0 Å². The fourth-order valence-electron chi connectivity index (χ4n) is 2.26. The Bertz CT molecular complexity index is 715. The summed E-state index contributed by atoms with van der Waals surface area (Å²) in [7, 11) is 1.95. The maximum atomic E-state index is 6.22. The van der Waals surface area contributed by atoms with Crippen molar-refractivity contribution < 1.29 is 4.74 Å². The van der Waals surface area contributed by atoms with Crippen LogP contribution < -0.4 is 10.6 Å². The molecule has 0 saturated heterocycles. The van der Waals surface area contributed by atoms with E-state index in [9.17, 15) is 0 Å². The molecule has 26 heavy (non-hydrogen) atoms. The van der Waals surface area contributed by atoms with Crippen molar-refractivity contribution in [1.82, 2.24) is 25.4 Å². The molecule has 1 aromatic carbocycles. The van der Waals surface area contributed by atoms with Crippen molar-refractivity contribution in [3.63, 3.8) is 0 Å². The SMILES string of the molecule is CCOCCCNC(=NCc1ccccc1Cl)NCc1nnc(C)n1C. The van der Waals surface area contributed by atoms with E-state index in [1.54, 1.807) is 0 Å². The van der Waals surface area contributed by atoms with Gasteiger partial charge in [0.1, 0.15) is 5.82 Å². The summed E-state index contributed by atoms with van der Waals surface area (Å²) in [5.41, 5.74) is 0.985. The fraction of sp³-hybridized carbons (Fsp3) is 0.500. The average Bonchev–Trinajstić information content (AvgIpc) is 2.96. The first-order valence-corrected chi connectivity index (χ1v) is 9.17. The van der Waals surface area contributed by atoms with Gasteiger partial charge in [-0.15, -0.1) is 10.2 Å². The van der Waals surface area contributed by atoms with E-state index in [1.807, 2.05) is 49.7 Å². The lowest BCUT2D eigenvalue weighted by Gasteiger charge is -2.13. The van der Waals surface area contributed by atoms with Gasteiger partial charge < -0.3 is 19.9 Å². The molecule has 8 heteroatoms. The highest BCUT2D eigenvalue weighted by atomic mass is 35.5. The monoisotopic (exact) mass is 378 g/mol. The van der Waals surface area contributed by atoms with Crippen LogP contribution in [0.25, 0.3) is 0 Å². The van der Waals surface area contributed by atoms with Crippen LogP contribution in [0.2, 0.25) is 5.02 Å². The number of hydrogen-bond acceptors (Lipinski definition) is 4. The van der Waals surface area contributed by atoms with E-state index < -0.39 is 0 Å². The van der Waals surface area contributed by atoms with Gasteiger partial charge in [0.05, 0.1) is 13.1 Å². The average molecular weight is 379 g/mol. The van der Waals surface area contributed by atoms with E-state index in [0.29, 0.717) is 19.0 Å². The Balaban J connectivity index is 1.97. The molecule has 0 atom stereocenters. The molecule has 0 unspecified atom stereocenters.